The molecule has 0 radical (unpaired) electrons. The number of methoxy groups -OCH3 is 1. The summed E-state index contributed by atoms with van der Waals surface area (Å²) in [5.41, 5.74) is 1.74. The summed E-state index contributed by atoms with van der Waals surface area (Å²) in [6, 6.07) is 0. The zero-order valence-corrected chi connectivity index (χ0v) is 15.3. The van der Waals surface area contributed by atoms with E-state index in [4.69, 9.17) is 4.74 Å². The maximum atomic E-state index is 12.5. The molecule has 2 unspecified atom stereocenters. The predicted octanol–water partition coefficient (Wildman–Crippen LogP) is 5.29. The molecule has 2 fully saturated rings. The molecule has 0 bridgehead atoms. The van der Waals surface area contributed by atoms with Crippen LogP contribution in [0.5, 0.6) is 0 Å². The number of esters is 1. The molecular weight excluding hydrogens is 284 g/mol. The normalized spacial score (nSPS) is 46.2. The van der Waals surface area contributed by atoms with Crippen molar-refractivity contribution in [1.29, 1.82) is 0 Å². The van der Waals surface area contributed by atoms with E-state index >= 15 is 0 Å². The number of carbonyl (C=O) groups excluding carboxylic acids is 1. The third-order valence-electron chi connectivity index (χ3n) is 7.55. The quantitative estimate of drug-likeness (QED) is 0.511. The van der Waals surface area contributed by atoms with Crippen molar-refractivity contribution in [2.24, 2.45) is 28.1 Å². The highest BCUT2D eigenvalue weighted by molar-refractivity contribution is 5.77. The molecular formula is C21H32O2. The fraction of sp³-hybridized carbons (Fsp3) is 0.762. The molecule has 0 spiro atoms. The minimum atomic E-state index is -0.299. The number of hydrogen-bond donors (Lipinski definition) is 0. The molecule has 3 rings (SSSR count). The van der Waals surface area contributed by atoms with Crippen molar-refractivity contribution in [2.45, 2.75) is 65.7 Å². The van der Waals surface area contributed by atoms with Gasteiger partial charge in [-0.2, -0.15) is 0 Å². The molecule has 0 N–H and O–H groups in total. The van der Waals surface area contributed by atoms with E-state index < -0.39 is 0 Å². The monoisotopic (exact) mass is 316 g/mol. The van der Waals surface area contributed by atoms with E-state index in [0.29, 0.717) is 11.8 Å². The lowest BCUT2D eigenvalue weighted by molar-refractivity contribution is -0.168. The van der Waals surface area contributed by atoms with Crippen LogP contribution in [0.3, 0.4) is 0 Å². The zero-order valence-electron chi connectivity index (χ0n) is 15.3. The molecule has 0 aromatic heterocycles. The van der Waals surface area contributed by atoms with Gasteiger partial charge in [-0.15, -0.1) is 6.58 Å². The van der Waals surface area contributed by atoms with Gasteiger partial charge in [-0.05, 0) is 62.7 Å². The van der Waals surface area contributed by atoms with Crippen LogP contribution in [0.2, 0.25) is 0 Å². The molecule has 0 aliphatic heterocycles. The SMILES string of the molecule is C=C[C@]1(C)C=C2CCC3[C@@](C)(CCC[C@@]3(C)C(=O)OC)C2CC1. The summed E-state index contributed by atoms with van der Waals surface area (Å²) >= 11 is 0. The van der Waals surface area contributed by atoms with E-state index in [9.17, 15) is 4.79 Å². The van der Waals surface area contributed by atoms with Gasteiger partial charge < -0.3 is 4.74 Å². The lowest BCUT2D eigenvalue weighted by Crippen LogP contribution is -2.54. The summed E-state index contributed by atoms with van der Waals surface area (Å²) in [6.07, 6.45) is 12.7. The van der Waals surface area contributed by atoms with E-state index in [2.05, 4.69) is 39.5 Å². The van der Waals surface area contributed by atoms with E-state index in [-0.39, 0.29) is 22.2 Å². The molecule has 0 amide bonds. The fourth-order valence-electron chi connectivity index (χ4n) is 6.16. The van der Waals surface area contributed by atoms with Gasteiger partial charge in [0.15, 0.2) is 0 Å². The molecule has 23 heavy (non-hydrogen) atoms. The van der Waals surface area contributed by atoms with Crippen molar-refractivity contribution in [3.63, 3.8) is 0 Å². The van der Waals surface area contributed by atoms with Gasteiger partial charge in [0.05, 0.1) is 12.5 Å². The van der Waals surface area contributed by atoms with Crippen molar-refractivity contribution >= 4 is 5.97 Å². The Morgan fingerprint density at radius 2 is 2.00 bits per heavy atom. The summed E-state index contributed by atoms with van der Waals surface area (Å²) in [6.45, 7) is 11.0. The van der Waals surface area contributed by atoms with Crippen LogP contribution in [0.15, 0.2) is 24.3 Å². The van der Waals surface area contributed by atoms with E-state index in [1.807, 2.05) is 0 Å². The minimum Gasteiger partial charge on any atom is -0.469 e. The molecule has 0 aromatic rings. The van der Waals surface area contributed by atoms with Crippen LogP contribution in [0.4, 0.5) is 0 Å². The van der Waals surface area contributed by atoms with Gasteiger partial charge in [0.1, 0.15) is 0 Å². The van der Waals surface area contributed by atoms with Crippen LogP contribution in [0.25, 0.3) is 0 Å². The Hall–Kier alpha value is -1.05. The molecule has 3 aliphatic carbocycles. The lowest BCUT2D eigenvalue weighted by Gasteiger charge is -2.59. The standard InChI is InChI=1S/C21H32O2/c1-6-19(2)13-10-16-15(14-19)8-9-17-20(16,3)11-7-12-21(17,4)18(22)23-5/h6,14,16-17H,1,7-13H2,2-5H3/t16?,17?,19-,20-,21+/m0/s1. The van der Waals surface area contributed by atoms with Gasteiger partial charge in [-0.25, -0.2) is 0 Å². The van der Waals surface area contributed by atoms with Crippen LogP contribution in [-0.4, -0.2) is 13.1 Å². The summed E-state index contributed by atoms with van der Waals surface area (Å²) in [4.78, 5) is 12.5. The van der Waals surface area contributed by atoms with Gasteiger partial charge in [-0.1, -0.05) is 38.0 Å². The molecule has 0 aromatic carbocycles. The van der Waals surface area contributed by atoms with Crippen LogP contribution < -0.4 is 0 Å². The minimum absolute atomic E-state index is 0.00703. The molecule has 5 atom stereocenters. The smallest absolute Gasteiger partial charge is 0.311 e. The average Bonchev–Trinajstić information content (AvgIpc) is 2.53. The summed E-state index contributed by atoms with van der Waals surface area (Å²) in [5.74, 6) is 1.09. The first kappa shape index (κ1) is 16.8. The topological polar surface area (TPSA) is 26.3 Å². The molecule has 2 heteroatoms. The predicted molar refractivity (Wildman–Crippen MR) is 93.9 cm³/mol. The third kappa shape index (κ3) is 2.40. The van der Waals surface area contributed by atoms with Crippen LogP contribution in [0, 0.1) is 28.1 Å². The van der Waals surface area contributed by atoms with E-state index in [1.54, 1.807) is 12.7 Å². The summed E-state index contributed by atoms with van der Waals surface area (Å²) in [7, 11) is 1.55. The van der Waals surface area contributed by atoms with Gasteiger partial charge in [0, 0.05) is 5.41 Å². The third-order valence-corrected chi connectivity index (χ3v) is 7.55. The molecule has 128 valence electrons. The Balaban J connectivity index is 1.98. The Morgan fingerprint density at radius 3 is 2.65 bits per heavy atom. The van der Waals surface area contributed by atoms with Crippen molar-refractivity contribution in [1.82, 2.24) is 0 Å². The number of ether oxygens (including phenoxy) is 1. The Morgan fingerprint density at radius 1 is 1.26 bits per heavy atom. The molecule has 3 aliphatic rings. The van der Waals surface area contributed by atoms with Crippen molar-refractivity contribution in [2.75, 3.05) is 7.11 Å². The second-order valence-corrected chi connectivity index (χ2v) is 8.88. The largest absolute Gasteiger partial charge is 0.469 e. The number of rotatable bonds is 2. The van der Waals surface area contributed by atoms with Gasteiger partial charge in [-0.3, -0.25) is 4.79 Å². The van der Waals surface area contributed by atoms with Crippen molar-refractivity contribution in [3.8, 4) is 0 Å². The fourth-order valence-corrected chi connectivity index (χ4v) is 6.16. The van der Waals surface area contributed by atoms with E-state index in [0.717, 1.165) is 25.7 Å². The zero-order chi connectivity index (χ0) is 16.9. The van der Waals surface area contributed by atoms with Crippen LogP contribution >= 0.6 is 0 Å². The van der Waals surface area contributed by atoms with Crippen molar-refractivity contribution in [3.05, 3.63) is 24.3 Å². The maximum Gasteiger partial charge on any atom is 0.311 e. The highest BCUT2D eigenvalue weighted by atomic mass is 16.5. The highest BCUT2D eigenvalue weighted by Crippen LogP contribution is 2.64. The van der Waals surface area contributed by atoms with Gasteiger partial charge >= 0.3 is 5.97 Å². The molecule has 2 nitrogen and oxygen atoms in total. The lowest BCUT2D eigenvalue weighted by atomic mass is 9.45. The summed E-state index contributed by atoms with van der Waals surface area (Å²) in [5, 5.41) is 0. The number of carbonyl (C=O) groups is 1. The van der Waals surface area contributed by atoms with Gasteiger partial charge in [0.25, 0.3) is 0 Å². The first-order valence-corrected chi connectivity index (χ1v) is 9.23. The molecule has 2 saturated carbocycles. The molecule has 0 heterocycles. The van der Waals surface area contributed by atoms with Crippen LogP contribution in [-0.2, 0) is 9.53 Å². The molecule has 0 saturated heterocycles. The second-order valence-electron chi connectivity index (χ2n) is 8.88. The maximum absolute atomic E-state index is 12.5. The second kappa shape index (κ2) is 5.50. The summed E-state index contributed by atoms with van der Waals surface area (Å²) < 4.78 is 5.21. The first-order valence-electron chi connectivity index (χ1n) is 9.23. The Bertz CT molecular complexity index is 548. The van der Waals surface area contributed by atoms with Crippen molar-refractivity contribution < 1.29 is 9.53 Å². The number of hydrogen-bond acceptors (Lipinski definition) is 2. The van der Waals surface area contributed by atoms with E-state index in [1.165, 1.54) is 19.3 Å². The van der Waals surface area contributed by atoms with Gasteiger partial charge in [0.2, 0.25) is 0 Å². The van der Waals surface area contributed by atoms with Crippen LogP contribution in [0.1, 0.15) is 65.7 Å². The Labute approximate surface area is 141 Å². The highest BCUT2D eigenvalue weighted by Gasteiger charge is 2.58. The first-order chi connectivity index (χ1) is 10.8. The number of allylic oxidation sites excluding steroid dienone is 3. The number of fused-ring (bicyclic) bond motifs is 3. The Kier molecular flexibility index (Phi) is 4.01. The average molecular weight is 316 g/mol.